The number of hydrogen-bond acceptors (Lipinski definition) is 4. The molecule has 0 aliphatic carbocycles. The predicted molar refractivity (Wildman–Crippen MR) is 123 cm³/mol. The largest absolute Gasteiger partial charge is 0.490 e. The maximum atomic E-state index is 12.6. The zero-order valence-corrected chi connectivity index (χ0v) is 19.4. The Bertz CT molecular complexity index is 908. The summed E-state index contributed by atoms with van der Waals surface area (Å²) in [6.45, 7) is 12.8. The molecule has 6 heteroatoms. The molecule has 0 heterocycles. The molecule has 0 saturated carbocycles. The average Bonchev–Trinajstić information content (AvgIpc) is 2.73. The van der Waals surface area contributed by atoms with Crippen molar-refractivity contribution in [2.24, 2.45) is 5.92 Å². The van der Waals surface area contributed by atoms with Crippen LogP contribution in [0.4, 0.5) is 0 Å². The number of nitrogens with one attached hydrogen (secondary N) is 2. The van der Waals surface area contributed by atoms with Crippen molar-refractivity contribution >= 4 is 11.8 Å². The van der Waals surface area contributed by atoms with Gasteiger partial charge in [0.1, 0.15) is 0 Å². The maximum Gasteiger partial charge on any atom is 0.251 e. The van der Waals surface area contributed by atoms with Crippen molar-refractivity contribution in [3.8, 4) is 11.5 Å². The quantitative estimate of drug-likeness (QED) is 0.592. The molecule has 1 atom stereocenters. The van der Waals surface area contributed by atoms with E-state index in [4.69, 9.17) is 9.47 Å². The van der Waals surface area contributed by atoms with E-state index >= 15 is 0 Å². The highest BCUT2D eigenvalue weighted by Gasteiger charge is 2.21. The van der Waals surface area contributed by atoms with Gasteiger partial charge in [0.05, 0.1) is 25.8 Å². The smallest absolute Gasteiger partial charge is 0.251 e. The Morgan fingerprint density at radius 3 is 2.19 bits per heavy atom. The first-order chi connectivity index (χ1) is 14.8. The highest BCUT2D eigenvalue weighted by Crippen LogP contribution is 2.32. The van der Waals surface area contributed by atoms with E-state index < -0.39 is 0 Å². The van der Waals surface area contributed by atoms with Crippen LogP contribution in [-0.2, 0) is 4.79 Å². The summed E-state index contributed by atoms with van der Waals surface area (Å²) in [7, 11) is 0. The second-order valence-electron chi connectivity index (χ2n) is 7.84. The minimum atomic E-state index is -0.265. The molecule has 2 rings (SSSR count). The summed E-state index contributed by atoms with van der Waals surface area (Å²) < 4.78 is 11.3. The third-order valence-electron chi connectivity index (χ3n) is 5.09. The normalized spacial score (nSPS) is 11.7. The lowest BCUT2D eigenvalue weighted by Gasteiger charge is -2.24. The number of carbonyl (C=O) groups is 2. The molecule has 2 aromatic rings. The molecular weight excluding hydrogens is 392 g/mol. The molecule has 6 nitrogen and oxygen atoms in total. The Morgan fingerprint density at radius 2 is 1.58 bits per heavy atom. The van der Waals surface area contributed by atoms with E-state index in [-0.39, 0.29) is 30.3 Å². The number of rotatable bonds is 10. The molecule has 0 fully saturated rings. The fraction of sp³-hybridized carbons (Fsp3) is 0.440. The number of aryl methyl sites for hydroxylation is 2. The van der Waals surface area contributed by atoms with Crippen LogP contribution in [0.15, 0.2) is 36.4 Å². The highest BCUT2D eigenvalue weighted by atomic mass is 16.5. The molecule has 2 amide bonds. The van der Waals surface area contributed by atoms with Crippen LogP contribution in [0.5, 0.6) is 11.5 Å². The lowest BCUT2D eigenvalue weighted by atomic mass is 9.95. The van der Waals surface area contributed by atoms with E-state index in [1.165, 1.54) is 0 Å². The predicted octanol–water partition coefficient (Wildman–Crippen LogP) is 4.34. The van der Waals surface area contributed by atoms with Gasteiger partial charge in [-0.05, 0) is 74.6 Å². The van der Waals surface area contributed by atoms with Gasteiger partial charge >= 0.3 is 0 Å². The zero-order valence-electron chi connectivity index (χ0n) is 19.4. The minimum absolute atomic E-state index is 0.0929. The van der Waals surface area contributed by atoms with E-state index in [0.29, 0.717) is 30.3 Å². The molecule has 0 aromatic heterocycles. The molecule has 31 heavy (non-hydrogen) atoms. The summed E-state index contributed by atoms with van der Waals surface area (Å²) in [4.78, 5) is 25.0. The molecule has 0 saturated heterocycles. The molecule has 168 valence electrons. The second-order valence-corrected chi connectivity index (χ2v) is 7.84. The first-order valence-electron chi connectivity index (χ1n) is 10.8. The van der Waals surface area contributed by atoms with E-state index in [2.05, 4.69) is 10.6 Å². The maximum absolute atomic E-state index is 12.6. The number of carbonyl (C=O) groups excluding carboxylic acids is 2. The first-order valence-corrected chi connectivity index (χ1v) is 10.8. The van der Waals surface area contributed by atoms with Crippen LogP contribution < -0.4 is 20.1 Å². The average molecular weight is 427 g/mol. The lowest BCUT2D eigenvalue weighted by Crippen LogP contribution is -2.40. The Kier molecular flexibility index (Phi) is 8.91. The molecule has 0 bridgehead atoms. The van der Waals surface area contributed by atoms with Gasteiger partial charge in [-0.2, -0.15) is 0 Å². The van der Waals surface area contributed by atoms with Crippen molar-refractivity contribution in [1.29, 1.82) is 0 Å². The SMILES string of the molecule is CCOc1ccc(C(NC(=O)CNC(=O)c2ccc(C)c(C)c2)C(C)C)cc1OCC. The molecule has 2 aromatic carbocycles. The van der Waals surface area contributed by atoms with Crippen molar-refractivity contribution in [2.75, 3.05) is 19.8 Å². The Balaban J connectivity index is 2.07. The second kappa shape index (κ2) is 11.4. The number of amides is 2. The number of ether oxygens (including phenoxy) is 2. The fourth-order valence-corrected chi connectivity index (χ4v) is 3.27. The summed E-state index contributed by atoms with van der Waals surface area (Å²) in [6, 6.07) is 11.0. The molecular formula is C25H34N2O4. The van der Waals surface area contributed by atoms with Gasteiger partial charge in [-0.1, -0.05) is 26.0 Å². The monoisotopic (exact) mass is 426 g/mol. The Morgan fingerprint density at radius 1 is 0.903 bits per heavy atom. The van der Waals surface area contributed by atoms with Crippen LogP contribution in [0.1, 0.15) is 60.8 Å². The molecule has 0 radical (unpaired) electrons. The zero-order chi connectivity index (χ0) is 23.0. The van der Waals surface area contributed by atoms with Gasteiger partial charge < -0.3 is 20.1 Å². The van der Waals surface area contributed by atoms with Gasteiger partial charge in [0, 0.05) is 5.56 Å². The third-order valence-corrected chi connectivity index (χ3v) is 5.09. The topological polar surface area (TPSA) is 76.7 Å². The van der Waals surface area contributed by atoms with Crippen LogP contribution in [0.3, 0.4) is 0 Å². The molecule has 1 unspecified atom stereocenters. The van der Waals surface area contributed by atoms with Crippen LogP contribution in [-0.4, -0.2) is 31.6 Å². The molecule has 2 N–H and O–H groups in total. The van der Waals surface area contributed by atoms with Crippen molar-refractivity contribution < 1.29 is 19.1 Å². The van der Waals surface area contributed by atoms with Gasteiger partial charge in [-0.3, -0.25) is 9.59 Å². The van der Waals surface area contributed by atoms with Gasteiger partial charge in [0.15, 0.2) is 11.5 Å². The van der Waals surface area contributed by atoms with E-state index in [0.717, 1.165) is 16.7 Å². The molecule has 0 aliphatic rings. The van der Waals surface area contributed by atoms with Gasteiger partial charge in [0.25, 0.3) is 5.91 Å². The number of benzene rings is 2. The van der Waals surface area contributed by atoms with Gasteiger partial charge in [-0.15, -0.1) is 0 Å². The summed E-state index contributed by atoms with van der Waals surface area (Å²) in [5.74, 6) is 0.973. The summed E-state index contributed by atoms with van der Waals surface area (Å²) in [5, 5.41) is 5.73. The molecule has 0 aliphatic heterocycles. The lowest BCUT2D eigenvalue weighted by molar-refractivity contribution is -0.121. The minimum Gasteiger partial charge on any atom is -0.490 e. The Labute approximate surface area is 185 Å². The van der Waals surface area contributed by atoms with E-state index in [1.807, 2.05) is 71.9 Å². The summed E-state index contributed by atoms with van der Waals surface area (Å²) in [5.41, 5.74) is 3.63. The highest BCUT2D eigenvalue weighted by molar-refractivity contribution is 5.96. The van der Waals surface area contributed by atoms with Crippen LogP contribution in [0, 0.1) is 19.8 Å². The van der Waals surface area contributed by atoms with Crippen molar-refractivity contribution in [3.63, 3.8) is 0 Å². The molecule has 0 spiro atoms. The Hall–Kier alpha value is -3.02. The van der Waals surface area contributed by atoms with Gasteiger partial charge in [-0.25, -0.2) is 0 Å². The van der Waals surface area contributed by atoms with E-state index in [9.17, 15) is 9.59 Å². The number of hydrogen-bond donors (Lipinski definition) is 2. The van der Waals surface area contributed by atoms with Crippen molar-refractivity contribution in [3.05, 3.63) is 58.7 Å². The van der Waals surface area contributed by atoms with Crippen LogP contribution in [0.25, 0.3) is 0 Å². The summed E-state index contributed by atoms with van der Waals surface area (Å²) in [6.07, 6.45) is 0. The standard InChI is InChI=1S/C25H34N2O4/c1-7-30-21-12-11-19(14-22(21)31-8-2)24(16(3)4)27-23(28)15-26-25(29)20-10-9-17(5)18(6)13-20/h9-14,16,24H,7-8,15H2,1-6H3,(H,26,29)(H,27,28). The van der Waals surface area contributed by atoms with E-state index in [1.54, 1.807) is 6.07 Å². The van der Waals surface area contributed by atoms with Crippen LogP contribution >= 0.6 is 0 Å². The van der Waals surface area contributed by atoms with Crippen molar-refractivity contribution in [1.82, 2.24) is 10.6 Å². The summed E-state index contributed by atoms with van der Waals surface area (Å²) >= 11 is 0. The van der Waals surface area contributed by atoms with Crippen LogP contribution in [0.2, 0.25) is 0 Å². The van der Waals surface area contributed by atoms with Gasteiger partial charge in [0.2, 0.25) is 5.91 Å². The fourth-order valence-electron chi connectivity index (χ4n) is 3.27. The third kappa shape index (κ3) is 6.74. The van der Waals surface area contributed by atoms with Crippen molar-refractivity contribution in [2.45, 2.75) is 47.6 Å². The first kappa shape index (κ1) is 24.3.